The second-order valence-electron chi connectivity index (χ2n) is 6.22. The van der Waals surface area contributed by atoms with E-state index in [1.807, 2.05) is 6.07 Å². The number of halogens is 3. The van der Waals surface area contributed by atoms with E-state index < -0.39 is 11.8 Å². The Kier molecular flexibility index (Phi) is 8.35. The fraction of sp³-hybridized carbons (Fsp3) is 0.421. The number of rotatable bonds is 9. The van der Waals surface area contributed by atoms with Gasteiger partial charge in [0, 0.05) is 53.9 Å². The Morgan fingerprint density at radius 3 is 2.89 bits per heavy atom. The molecular formula is C19H20ClF2N3OS2. The zero-order valence-electron chi connectivity index (χ0n) is 15.2. The van der Waals surface area contributed by atoms with Gasteiger partial charge < -0.3 is 0 Å². The summed E-state index contributed by atoms with van der Waals surface area (Å²) < 4.78 is 25.7. The Morgan fingerprint density at radius 1 is 1.61 bits per heavy atom. The first-order chi connectivity index (χ1) is 13.3. The molecule has 0 spiro atoms. The Hall–Kier alpha value is -1.56. The molecule has 1 saturated carbocycles. The van der Waals surface area contributed by atoms with Crippen molar-refractivity contribution < 1.29 is 13.6 Å². The molecule has 1 aromatic heterocycles. The second-order valence-corrected chi connectivity index (χ2v) is 8.16. The topological polar surface area (TPSA) is 45.6 Å². The fourth-order valence-corrected chi connectivity index (χ4v) is 3.89. The van der Waals surface area contributed by atoms with Gasteiger partial charge in [0.2, 0.25) is 5.91 Å². The minimum Gasteiger partial charge on any atom is -0.293 e. The van der Waals surface area contributed by atoms with Gasteiger partial charge in [0.05, 0.1) is 6.54 Å². The van der Waals surface area contributed by atoms with Crippen molar-refractivity contribution in [3.05, 3.63) is 40.3 Å². The number of pyridine rings is 1. The van der Waals surface area contributed by atoms with Crippen molar-refractivity contribution in [2.45, 2.75) is 25.7 Å². The number of nitrogens with zero attached hydrogens (tertiary/aromatic N) is 3. The highest BCUT2D eigenvalue weighted by Crippen LogP contribution is 2.50. The molecular weight excluding hydrogens is 424 g/mol. The molecule has 1 amide bonds. The average molecular weight is 444 g/mol. The van der Waals surface area contributed by atoms with Crippen molar-refractivity contribution in [3.8, 4) is 12.3 Å². The maximum absolute atomic E-state index is 12.9. The number of thiol groups is 1. The molecule has 1 atom stereocenters. The van der Waals surface area contributed by atoms with Crippen molar-refractivity contribution in [1.29, 1.82) is 0 Å². The van der Waals surface area contributed by atoms with Gasteiger partial charge in [0.25, 0.3) is 5.92 Å². The first-order valence-corrected chi connectivity index (χ1v) is 10.5. The van der Waals surface area contributed by atoms with E-state index >= 15 is 0 Å². The molecule has 0 aliphatic heterocycles. The van der Waals surface area contributed by atoms with Gasteiger partial charge in [-0.25, -0.2) is 13.8 Å². The quantitative estimate of drug-likeness (QED) is 0.202. The number of terminal acetylenes is 1. The van der Waals surface area contributed by atoms with Crippen LogP contribution in [0.2, 0.25) is 0 Å². The van der Waals surface area contributed by atoms with Crippen LogP contribution < -0.4 is 0 Å². The van der Waals surface area contributed by atoms with Crippen LogP contribution in [0.15, 0.2) is 39.7 Å². The van der Waals surface area contributed by atoms with E-state index in [1.165, 1.54) is 16.7 Å². The lowest BCUT2D eigenvalue weighted by Gasteiger charge is -2.20. The highest BCUT2D eigenvalue weighted by molar-refractivity contribution is 7.99. The molecule has 1 fully saturated rings. The maximum Gasteiger partial charge on any atom is 0.252 e. The van der Waals surface area contributed by atoms with Crippen LogP contribution in [0.4, 0.5) is 8.78 Å². The maximum atomic E-state index is 12.9. The Bertz CT molecular complexity index is 809. The van der Waals surface area contributed by atoms with Gasteiger partial charge in [0.1, 0.15) is 5.03 Å². The predicted octanol–water partition coefficient (Wildman–Crippen LogP) is 4.43. The molecule has 1 heterocycles. The molecule has 9 heteroatoms. The monoisotopic (exact) mass is 443 g/mol. The van der Waals surface area contributed by atoms with Crippen molar-refractivity contribution in [3.63, 3.8) is 0 Å². The van der Waals surface area contributed by atoms with Crippen LogP contribution in [-0.2, 0) is 4.79 Å². The van der Waals surface area contributed by atoms with Gasteiger partial charge in [-0.15, -0.1) is 19.1 Å². The summed E-state index contributed by atoms with van der Waals surface area (Å²) in [6, 6.07) is 3.61. The molecule has 0 aromatic carbocycles. The molecule has 0 N–H and O–H groups in total. The first-order valence-electron chi connectivity index (χ1n) is 8.50. The van der Waals surface area contributed by atoms with E-state index in [0.717, 1.165) is 5.56 Å². The van der Waals surface area contributed by atoms with Gasteiger partial charge in [0.15, 0.2) is 5.16 Å². The minimum atomic E-state index is -2.54. The predicted molar refractivity (Wildman–Crippen MR) is 114 cm³/mol. The largest absolute Gasteiger partial charge is 0.293 e. The molecule has 0 saturated heterocycles. The molecule has 4 nitrogen and oxygen atoms in total. The van der Waals surface area contributed by atoms with E-state index in [4.69, 9.17) is 18.0 Å². The zero-order valence-corrected chi connectivity index (χ0v) is 17.7. The number of aliphatic imine (C=N–C) groups is 1. The summed E-state index contributed by atoms with van der Waals surface area (Å²) >= 11 is 11.9. The smallest absolute Gasteiger partial charge is 0.252 e. The van der Waals surface area contributed by atoms with Crippen LogP contribution >= 0.6 is 36.0 Å². The van der Waals surface area contributed by atoms with Crippen LogP contribution in [0, 0.1) is 18.3 Å². The minimum absolute atomic E-state index is 0.0132. The number of hydrogen-bond donors (Lipinski definition) is 1. The Morgan fingerprint density at radius 2 is 2.32 bits per heavy atom. The zero-order chi connectivity index (χ0) is 20.7. The van der Waals surface area contributed by atoms with Crippen LogP contribution in [0.1, 0.15) is 25.3 Å². The SMILES string of the molecule is C#CCN(C(=O)CCSCC1CC1(F)F)/C(S)=C(Cl)/N=C(\C)c1cccnc1. The number of thioether (sulfide) groups is 1. The van der Waals surface area contributed by atoms with E-state index in [9.17, 15) is 13.6 Å². The number of hydrogen-bond acceptors (Lipinski definition) is 5. The Balaban J connectivity index is 1.98. The van der Waals surface area contributed by atoms with E-state index in [2.05, 4.69) is 28.5 Å². The van der Waals surface area contributed by atoms with Gasteiger partial charge in [-0.05, 0) is 13.0 Å². The molecule has 1 aromatic rings. The fourth-order valence-electron chi connectivity index (χ4n) is 2.29. The number of alkyl halides is 2. The summed E-state index contributed by atoms with van der Waals surface area (Å²) in [4.78, 5) is 22.0. The standard InChI is InChI=1S/C19H20ClF2N3OS2/c1-3-8-25(16(26)6-9-28-12-15-10-19(15,21)22)18(27)17(20)24-13(2)14-5-4-7-23-11-14/h1,4-5,7,11,15,27H,6,8-10,12H2,2H3/b18-17-,24-13+. The van der Waals surface area contributed by atoms with Crippen molar-refractivity contribution in [1.82, 2.24) is 9.88 Å². The van der Waals surface area contributed by atoms with E-state index in [0.29, 0.717) is 17.2 Å². The molecule has 28 heavy (non-hydrogen) atoms. The lowest BCUT2D eigenvalue weighted by molar-refractivity contribution is -0.127. The lowest BCUT2D eigenvalue weighted by atomic mass is 10.2. The third-order valence-electron chi connectivity index (χ3n) is 4.07. The third-order valence-corrected chi connectivity index (χ3v) is 6.05. The Labute approximate surface area is 178 Å². The highest BCUT2D eigenvalue weighted by atomic mass is 35.5. The highest BCUT2D eigenvalue weighted by Gasteiger charge is 2.56. The number of aromatic nitrogens is 1. The molecule has 1 aliphatic carbocycles. The molecule has 150 valence electrons. The number of amides is 1. The van der Waals surface area contributed by atoms with Crippen molar-refractivity contribution in [2.75, 3.05) is 18.1 Å². The van der Waals surface area contributed by atoms with Crippen LogP contribution in [0.25, 0.3) is 0 Å². The van der Waals surface area contributed by atoms with Crippen molar-refractivity contribution >= 4 is 47.6 Å². The number of carbonyl (C=O) groups excluding carboxylic acids is 1. The van der Waals surface area contributed by atoms with E-state index in [-0.39, 0.29) is 35.5 Å². The first kappa shape index (κ1) is 22.7. The molecule has 2 rings (SSSR count). The molecule has 0 radical (unpaired) electrons. The summed E-state index contributed by atoms with van der Waals surface area (Å²) in [5.41, 5.74) is 1.39. The van der Waals surface area contributed by atoms with E-state index in [1.54, 1.807) is 25.4 Å². The van der Waals surface area contributed by atoms with Crippen LogP contribution in [0.3, 0.4) is 0 Å². The second kappa shape index (κ2) is 10.3. The summed E-state index contributed by atoms with van der Waals surface area (Å²) in [5, 5.41) is 0.171. The summed E-state index contributed by atoms with van der Waals surface area (Å²) in [6.07, 6.45) is 8.72. The molecule has 0 bridgehead atoms. The van der Waals surface area contributed by atoms with Crippen LogP contribution in [0.5, 0.6) is 0 Å². The third kappa shape index (κ3) is 6.50. The average Bonchev–Trinajstić information content (AvgIpc) is 3.29. The number of carbonyl (C=O) groups is 1. The molecule has 1 aliphatic rings. The van der Waals surface area contributed by atoms with Gasteiger partial charge in [-0.1, -0.05) is 23.6 Å². The molecule has 1 unspecified atom stereocenters. The van der Waals surface area contributed by atoms with Crippen molar-refractivity contribution in [2.24, 2.45) is 10.9 Å². The summed E-state index contributed by atoms with van der Waals surface area (Å²) in [6.45, 7) is 1.75. The lowest BCUT2D eigenvalue weighted by Crippen LogP contribution is -2.29. The summed E-state index contributed by atoms with van der Waals surface area (Å²) in [5.74, 6) is -0.239. The van der Waals surface area contributed by atoms with Gasteiger partial charge in [-0.3, -0.25) is 14.7 Å². The van der Waals surface area contributed by atoms with Gasteiger partial charge >= 0.3 is 0 Å². The van der Waals surface area contributed by atoms with Gasteiger partial charge in [-0.2, -0.15) is 11.8 Å². The normalized spacial score (nSPS) is 18.9. The van der Waals surface area contributed by atoms with Crippen LogP contribution in [-0.4, -0.2) is 45.5 Å². The summed E-state index contributed by atoms with van der Waals surface area (Å²) in [7, 11) is 0.